The third-order valence-electron chi connectivity index (χ3n) is 3.14. The first-order valence-electron chi connectivity index (χ1n) is 6.55. The van der Waals surface area contributed by atoms with E-state index in [4.69, 9.17) is 4.74 Å². The van der Waals surface area contributed by atoms with Gasteiger partial charge in [0.2, 0.25) is 12.7 Å². The van der Waals surface area contributed by atoms with Crippen LogP contribution in [0.1, 0.15) is 12.5 Å². The number of rotatable bonds is 3. The van der Waals surface area contributed by atoms with Crippen LogP contribution in [0.3, 0.4) is 0 Å². The summed E-state index contributed by atoms with van der Waals surface area (Å²) in [4.78, 5) is 0. The topological polar surface area (TPSA) is 84.4 Å². The van der Waals surface area contributed by atoms with Crippen LogP contribution in [0.5, 0.6) is 0 Å². The van der Waals surface area contributed by atoms with Gasteiger partial charge in [-0.25, -0.2) is 0 Å². The Hall–Kier alpha value is -1.90. The number of hydrogen-bond donors (Lipinski definition) is 0. The smallest absolute Gasteiger partial charge is 0.433 e. The van der Waals surface area contributed by atoms with E-state index in [-0.39, 0.29) is 7.95 Å². The largest absolute Gasteiger partial charge is 0.560 e. The number of nitrogens with zero attached hydrogens (tertiary/aromatic N) is 2. The SMILES string of the molecule is CC1C[N+](S(=O)(=O)C(F)(F)F)=C(c2ccc[n+](S(=O)(=O)C(F)(F)F)c2)O1. The summed E-state index contributed by atoms with van der Waals surface area (Å²) in [5, 5.41) is 0. The Morgan fingerprint density at radius 1 is 1.04 bits per heavy atom. The number of hydrogen-bond acceptors (Lipinski definition) is 5. The van der Waals surface area contributed by atoms with Gasteiger partial charge in [-0.05, 0) is 13.0 Å². The van der Waals surface area contributed by atoms with E-state index in [1.807, 2.05) is 0 Å². The Morgan fingerprint density at radius 3 is 2.08 bits per heavy atom. The van der Waals surface area contributed by atoms with Crippen LogP contribution in [0.2, 0.25) is 0 Å². The van der Waals surface area contributed by atoms with E-state index in [2.05, 4.69) is 0 Å². The van der Waals surface area contributed by atoms with Crippen molar-refractivity contribution in [2.24, 2.45) is 0 Å². The molecule has 0 fully saturated rings. The lowest BCUT2D eigenvalue weighted by molar-refractivity contribution is -0.518. The molecule has 0 radical (unpaired) electrons. The summed E-state index contributed by atoms with van der Waals surface area (Å²) in [6.45, 7) is 0.480. The second kappa shape index (κ2) is 6.07. The van der Waals surface area contributed by atoms with E-state index >= 15 is 0 Å². The lowest BCUT2D eigenvalue weighted by Gasteiger charge is -2.05. The summed E-state index contributed by atoms with van der Waals surface area (Å²) >= 11 is 0. The highest BCUT2D eigenvalue weighted by atomic mass is 32.2. The average Bonchev–Trinajstić information content (AvgIpc) is 2.88. The second-order valence-corrected chi connectivity index (χ2v) is 8.78. The van der Waals surface area contributed by atoms with Gasteiger partial charge in [0.15, 0.2) is 17.9 Å². The summed E-state index contributed by atoms with van der Waals surface area (Å²) < 4.78 is 127. The van der Waals surface area contributed by atoms with Gasteiger partial charge in [-0.15, -0.1) is 0 Å². The lowest BCUT2D eigenvalue weighted by atomic mass is 10.3. The molecule has 146 valence electrons. The number of halogens is 6. The maximum atomic E-state index is 12.8. The zero-order valence-corrected chi connectivity index (χ0v) is 14.2. The minimum atomic E-state index is -5.89. The van der Waals surface area contributed by atoms with Crippen LogP contribution < -0.4 is 3.97 Å². The third-order valence-corrected chi connectivity index (χ3v) is 5.98. The molecule has 0 bridgehead atoms. The maximum absolute atomic E-state index is 12.8. The average molecular weight is 428 g/mol. The molecular formula is C11H10F6N2O5S2+2. The van der Waals surface area contributed by atoms with Crippen LogP contribution in [0.15, 0.2) is 24.5 Å². The highest BCUT2D eigenvalue weighted by molar-refractivity contribution is 7.86. The Kier molecular flexibility index (Phi) is 4.77. The van der Waals surface area contributed by atoms with Gasteiger partial charge in [0.1, 0.15) is 0 Å². The van der Waals surface area contributed by atoms with E-state index in [0.717, 1.165) is 12.1 Å². The van der Waals surface area contributed by atoms with E-state index in [9.17, 15) is 43.2 Å². The zero-order valence-electron chi connectivity index (χ0n) is 12.6. The summed E-state index contributed by atoms with van der Waals surface area (Å²) in [5.74, 6) is -0.929. The van der Waals surface area contributed by atoms with Gasteiger partial charge in [-0.1, -0.05) is 7.95 Å². The summed E-state index contributed by atoms with van der Waals surface area (Å²) in [6.07, 6.45) is -0.238. The van der Waals surface area contributed by atoms with E-state index in [1.54, 1.807) is 0 Å². The number of sulfonamides is 1. The van der Waals surface area contributed by atoms with Crippen LogP contribution in [0.4, 0.5) is 26.3 Å². The molecule has 0 saturated carbocycles. The summed E-state index contributed by atoms with van der Waals surface area (Å²) in [7, 11) is -11.8. The second-order valence-electron chi connectivity index (χ2n) is 5.09. The summed E-state index contributed by atoms with van der Waals surface area (Å²) in [6, 6.07) is 1.70. The van der Waals surface area contributed by atoms with Gasteiger partial charge >= 0.3 is 37.0 Å². The van der Waals surface area contributed by atoms with Gasteiger partial charge in [0.25, 0.3) is 0 Å². The van der Waals surface area contributed by atoms with E-state index in [1.165, 1.54) is 6.92 Å². The molecule has 1 unspecified atom stereocenters. The van der Waals surface area contributed by atoms with Crippen molar-refractivity contribution < 1.29 is 55.9 Å². The minimum absolute atomic E-state index is 0.169. The fourth-order valence-corrected chi connectivity index (χ4v) is 3.74. The van der Waals surface area contributed by atoms with E-state index in [0.29, 0.717) is 12.4 Å². The van der Waals surface area contributed by atoms with Crippen molar-refractivity contribution in [2.45, 2.75) is 24.0 Å². The molecule has 1 aromatic heterocycles. The molecule has 1 atom stereocenters. The van der Waals surface area contributed by atoms with Crippen LogP contribution in [-0.4, -0.2) is 50.4 Å². The molecule has 0 N–H and O–H groups in total. The molecule has 1 aromatic rings. The van der Waals surface area contributed by atoms with Crippen molar-refractivity contribution in [2.75, 3.05) is 6.54 Å². The Morgan fingerprint density at radius 2 is 1.58 bits per heavy atom. The summed E-state index contributed by atoms with van der Waals surface area (Å²) in [5.41, 5.74) is -12.0. The van der Waals surface area contributed by atoms with E-state index < -0.39 is 55.2 Å². The van der Waals surface area contributed by atoms with Crippen LogP contribution in [-0.2, 0) is 24.8 Å². The lowest BCUT2D eigenvalue weighted by Crippen LogP contribution is -2.50. The van der Waals surface area contributed by atoms with Crippen LogP contribution in [0.25, 0.3) is 0 Å². The monoisotopic (exact) mass is 428 g/mol. The molecule has 1 aliphatic rings. The van der Waals surface area contributed by atoms with Crippen LogP contribution in [0, 0.1) is 0 Å². The number of pyridine rings is 1. The van der Waals surface area contributed by atoms with Gasteiger partial charge in [0, 0.05) is 6.07 Å². The Bertz CT molecular complexity index is 966. The molecule has 2 heterocycles. The van der Waals surface area contributed by atoms with Crippen molar-refractivity contribution in [1.82, 2.24) is 0 Å². The molecule has 26 heavy (non-hydrogen) atoms. The molecule has 1 aliphatic heterocycles. The molecule has 0 aromatic carbocycles. The van der Waals surface area contributed by atoms with Crippen molar-refractivity contribution in [1.29, 1.82) is 0 Å². The predicted molar refractivity (Wildman–Crippen MR) is 71.8 cm³/mol. The van der Waals surface area contributed by atoms with Gasteiger partial charge in [0.05, 0.1) is 0 Å². The first-order chi connectivity index (χ1) is 11.6. The molecule has 0 amide bonds. The quantitative estimate of drug-likeness (QED) is 0.523. The third kappa shape index (κ3) is 3.36. The van der Waals surface area contributed by atoms with Crippen molar-refractivity contribution in [3.8, 4) is 0 Å². The predicted octanol–water partition coefficient (Wildman–Crippen LogP) is 0.699. The molecule has 2 rings (SSSR count). The Balaban J connectivity index is 2.68. The molecular weight excluding hydrogens is 418 g/mol. The van der Waals surface area contributed by atoms with Gasteiger partial charge in [-0.2, -0.15) is 43.2 Å². The Labute approximate surface area is 143 Å². The number of alkyl halides is 6. The van der Waals surface area contributed by atoms with Gasteiger partial charge in [-0.3, -0.25) is 0 Å². The molecule has 0 spiro atoms. The normalized spacial score (nSPS) is 19.6. The first kappa shape index (κ1) is 20.4. The molecule has 7 nitrogen and oxygen atoms in total. The highest BCUT2D eigenvalue weighted by Crippen LogP contribution is 2.28. The standard InChI is InChI=1S/C11H10F6N2O5S2/c1-7-5-19(26(22,23)11(15,16)17)9(24-7)8-3-2-4-18(6-8)25(20,21)10(12,13)14/h2-4,6-7H,5H2,1H3/q+2. The molecule has 0 aliphatic carbocycles. The zero-order chi connectivity index (χ0) is 20.1. The molecule has 15 heteroatoms. The highest BCUT2D eigenvalue weighted by Gasteiger charge is 2.59. The first-order valence-corrected chi connectivity index (χ1v) is 9.43. The fraction of sp³-hybridized carbons (Fsp3) is 0.455. The number of aromatic nitrogens is 1. The van der Waals surface area contributed by atoms with Crippen molar-refractivity contribution >= 4 is 25.9 Å². The van der Waals surface area contributed by atoms with Crippen molar-refractivity contribution in [3.63, 3.8) is 0 Å². The fourth-order valence-electron chi connectivity index (χ4n) is 2.00. The number of ether oxygens (including phenoxy) is 1. The maximum Gasteiger partial charge on any atom is 0.560 e. The molecule has 0 saturated heterocycles. The minimum Gasteiger partial charge on any atom is -0.433 e. The van der Waals surface area contributed by atoms with Crippen molar-refractivity contribution in [3.05, 3.63) is 30.1 Å². The van der Waals surface area contributed by atoms with Gasteiger partial charge < -0.3 is 4.74 Å². The van der Waals surface area contributed by atoms with Crippen LogP contribution >= 0.6 is 0 Å².